The van der Waals surface area contributed by atoms with Gasteiger partial charge >= 0.3 is 0 Å². The lowest BCUT2D eigenvalue weighted by Crippen LogP contribution is -2.42. The second-order valence-electron chi connectivity index (χ2n) is 7.37. The number of anilines is 2. The number of carbonyl (C=O) groups is 2. The molecule has 0 saturated carbocycles. The van der Waals surface area contributed by atoms with E-state index in [1.807, 2.05) is 45.9 Å². The molecule has 2 aromatic carbocycles. The normalized spacial score (nSPS) is 10.9. The highest BCUT2D eigenvalue weighted by Crippen LogP contribution is 2.25. The van der Waals surface area contributed by atoms with Crippen molar-refractivity contribution in [2.75, 3.05) is 24.3 Å². The molecule has 0 aliphatic heterocycles. The standard InChI is InChI=1S/C22H29N3O3/c1-6-22(3,4)25-21(27)16-8-10-17(11-9-16)23-14-20(26)24-18-13-15(2)7-12-19(18)28-5/h7-13,23H,6,14H2,1-5H3,(H,24,26)(H,25,27). The van der Waals surface area contributed by atoms with E-state index in [2.05, 4.69) is 16.0 Å². The van der Waals surface area contributed by atoms with E-state index < -0.39 is 0 Å². The van der Waals surface area contributed by atoms with Crippen molar-refractivity contribution in [2.24, 2.45) is 0 Å². The molecule has 0 aromatic heterocycles. The van der Waals surface area contributed by atoms with E-state index in [9.17, 15) is 9.59 Å². The molecule has 0 aliphatic rings. The van der Waals surface area contributed by atoms with E-state index in [1.54, 1.807) is 31.4 Å². The fourth-order valence-corrected chi connectivity index (χ4v) is 2.50. The average Bonchev–Trinajstić information content (AvgIpc) is 2.66. The Labute approximate surface area is 166 Å². The van der Waals surface area contributed by atoms with Gasteiger partial charge in [-0.15, -0.1) is 0 Å². The molecule has 0 heterocycles. The van der Waals surface area contributed by atoms with Gasteiger partial charge in [0.1, 0.15) is 5.75 Å². The molecule has 2 amide bonds. The first-order valence-electron chi connectivity index (χ1n) is 9.35. The summed E-state index contributed by atoms with van der Waals surface area (Å²) in [4.78, 5) is 24.5. The third-order valence-corrected chi connectivity index (χ3v) is 4.57. The van der Waals surface area contributed by atoms with Crippen molar-refractivity contribution >= 4 is 23.2 Å². The first-order valence-corrected chi connectivity index (χ1v) is 9.35. The molecule has 0 aliphatic carbocycles. The fraction of sp³-hybridized carbons (Fsp3) is 0.364. The van der Waals surface area contributed by atoms with Crippen molar-refractivity contribution in [3.05, 3.63) is 53.6 Å². The third kappa shape index (κ3) is 6.01. The number of ether oxygens (including phenoxy) is 1. The Balaban J connectivity index is 1.92. The van der Waals surface area contributed by atoms with Crippen molar-refractivity contribution in [3.8, 4) is 5.75 Å². The molecule has 6 heteroatoms. The Bertz CT molecular complexity index is 829. The van der Waals surface area contributed by atoms with Crippen LogP contribution >= 0.6 is 0 Å². The third-order valence-electron chi connectivity index (χ3n) is 4.57. The van der Waals surface area contributed by atoms with E-state index in [0.717, 1.165) is 17.7 Å². The maximum atomic E-state index is 12.3. The molecular weight excluding hydrogens is 354 g/mol. The van der Waals surface area contributed by atoms with Crippen LogP contribution < -0.4 is 20.7 Å². The molecule has 150 valence electrons. The van der Waals surface area contributed by atoms with Crippen LogP contribution in [0.1, 0.15) is 43.1 Å². The number of nitrogens with one attached hydrogen (secondary N) is 3. The highest BCUT2D eigenvalue weighted by molar-refractivity contribution is 5.96. The van der Waals surface area contributed by atoms with Crippen molar-refractivity contribution in [1.29, 1.82) is 0 Å². The van der Waals surface area contributed by atoms with E-state index >= 15 is 0 Å². The van der Waals surface area contributed by atoms with E-state index in [4.69, 9.17) is 4.74 Å². The van der Waals surface area contributed by atoms with Crippen LogP contribution in [0.3, 0.4) is 0 Å². The highest BCUT2D eigenvalue weighted by Gasteiger charge is 2.18. The number of methoxy groups -OCH3 is 1. The molecule has 2 rings (SSSR count). The minimum atomic E-state index is -0.247. The zero-order valence-corrected chi connectivity index (χ0v) is 17.2. The first-order chi connectivity index (χ1) is 13.2. The van der Waals surface area contributed by atoms with Gasteiger partial charge in [-0.2, -0.15) is 0 Å². The fourth-order valence-electron chi connectivity index (χ4n) is 2.50. The maximum Gasteiger partial charge on any atom is 0.251 e. The SMILES string of the molecule is CCC(C)(C)NC(=O)c1ccc(NCC(=O)Nc2cc(C)ccc2OC)cc1. The Morgan fingerprint density at radius 1 is 1.07 bits per heavy atom. The van der Waals surface area contributed by atoms with Gasteiger partial charge in [0, 0.05) is 16.8 Å². The summed E-state index contributed by atoms with van der Waals surface area (Å²) in [5, 5.41) is 8.90. The van der Waals surface area contributed by atoms with E-state index in [1.165, 1.54) is 0 Å². The molecular formula is C22H29N3O3. The smallest absolute Gasteiger partial charge is 0.251 e. The van der Waals surface area contributed by atoms with Crippen LogP contribution in [-0.2, 0) is 4.79 Å². The average molecular weight is 383 g/mol. The Kier molecular flexibility index (Phi) is 7.04. The summed E-state index contributed by atoms with van der Waals surface area (Å²) in [6, 6.07) is 12.7. The zero-order chi connectivity index (χ0) is 20.7. The molecule has 0 bridgehead atoms. The van der Waals surface area contributed by atoms with Gasteiger partial charge in [0.15, 0.2) is 0 Å². The quantitative estimate of drug-likeness (QED) is 0.644. The lowest BCUT2D eigenvalue weighted by atomic mass is 10.0. The minimum absolute atomic E-state index is 0.103. The number of hydrogen-bond acceptors (Lipinski definition) is 4. The number of rotatable bonds is 8. The van der Waals surface area contributed by atoms with E-state index in [0.29, 0.717) is 17.0 Å². The topological polar surface area (TPSA) is 79.5 Å². The van der Waals surface area contributed by atoms with Crippen molar-refractivity contribution in [2.45, 2.75) is 39.7 Å². The summed E-state index contributed by atoms with van der Waals surface area (Å²) < 4.78 is 5.27. The summed E-state index contributed by atoms with van der Waals surface area (Å²) in [6.45, 7) is 8.06. The lowest BCUT2D eigenvalue weighted by Gasteiger charge is -2.24. The number of benzene rings is 2. The van der Waals surface area contributed by atoms with Crippen LogP contribution in [0.4, 0.5) is 11.4 Å². The summed E-state index contributed by atoms with van der Waals surface area (Å²) >= 11 is 0. The molecule has 2 aromatic rings. The van der Waals surface area contributed by atoms with Gasteiger partial charge in [-0.25, -0.2) is 0 Å². The Hall–Kier alpha value is -3.02. The molecule has 0 atom stereocenters. The largest absolute Gasteiger partial charge is 0.495 e. The van der Waals surface area contributed by atoms with Crippen LogP contribution in [0.15, 0.2) is 42.5 Å². The van der Waals surface area contributed by atoms with Crippen LogP contribution in [-0.4, -0.2) is 31.0 Å². The summed E-state index contributed by atoms with van der Waals surface area (Å²) in [6.07, 6.45) is 0.846. The number of aryl methyl sites for hydroxylation is 1. The molecule has 3 N–H and O–H groups in total. The summed E-state index contributed by atoms with van der Waals surface area (Å²) in [5.74, 6) is 0.322. The van der Waals surface area contributed by atoms with E-state index in [-0.39, 0.29) is 23.9 Å². The van der Waals surface area contributed by atoms with Gasteiger partial charge < -0.3 is 20.7 Å². The molecule has 0 spiro atoms. The molecule has 0 saturated heterocycles. The summed E-state index contributed by atoms with van der Waals surface area (Å²) in [5.41, 5.74) is 2.77. The van der Waals surface area contributed by atoms with Crippen molar-refractivity contribution in [1.82, 2.24) is 5.32 Å². The second kappa shape index (κ2) is 9.26. The Morgan fingerprint density at radius 2 is 1.75 bits per heavy atom. The predicted octanol–water partition coefficient (Wildman–Crippen LogP) is 3.97. The molecule has 28 heavy (non-hydrogen) atoms. The number of hydrogen-bond donors (Lipinski definition) is 3. The zero-order valence-electron chi connectivity index (χ0n) is 17.2. The van der Waals surface area contributed by atoms with Gasteiger partial charge in [-0.3, -0.25) is 9.59 Å². The molecule has 6 nitrogen and oxygen atoms in total. The summed E-state index contributed by atoms with van der Waals surface area (Å²) in [7, 11) is 1.57. The monoisotopic (exact) mass is 383 g/mol. The molecule has 0 fully saturated rings. The van der Waals surface area contributed by atoms with Crippen LogP contribution in [0.25, 0.3) is 0 Å². The van der Waals surface area contributed by atoms with Gasteiger partial charge in [0.25, 0.3) is 5.91 Å². The lowest BCUT2D eigenvalue weighted by molar-refractivity contribution is -0.114. The van der Waals surface area contributed by atoms with Gasteiger partial charge in [0.2, 0.25) is 5.91 Å². The number of amides is 2. The second-order valence-corrected chi connectivity index (χ2v) is 7.37. The van der Waals surface area contributed by atoms with Gasteiger partial charge in [0.05, 0.1) is 19.3 Å². The van der Waals surface area contributed by atoms with Crippen LogP contribution in [0.5, 0.6) is 5.75 Å². The molecule has 0 unspecified atom stereocenters. The van der Waals surface area contributed by atoms with Crippen LogP contribution in [0.2, 0.25) is 0 Å². The van der Waals surface area contributed by atoms with Crippen LogP contribution in [0, 0.1) is 6.92 Å². The highest BCUT2D eigenvalue weighted by atomic mass is 16.5. The Morgan fingerprint density at radius 3 is 2.36 bits per heavy atom. The van der Waals surface area contributed by atoms with Gasteiger partial charge in [-0.1, -0.05) is 13.0 Å². The number of carbonyl (C=O) groups excluding carboxylic acids is 2. The predicted molar refractivity (Wildman–Crippen MR) is 113 cm³/mol. The first kappa shape index (κ1) is 21.3. The maximum absolute atomic E-state index is 12.3. The minimum Gasteiger partial charge on any atom is -0.495 e. The molecule has 0 radical (unpaired) electrons. The van der Waals surface area contributed by atoms with Crippen molar-refractivity contribution in [3.63, 3.8) is 0 Å². The van der Waals surface area contributed by atoms with Crippen molar-refractivity contribution < 1.29 is 14.3 Å². The van der Waals surface area contributed by atoms with Gasteiger partial charge in [-0.05, 0) is 69.2 Å².